The summed E-state index contributed by atoms with van der Waals surface area (Å²) in [6.07, 6.45) is 3.47. The maximum Gasteiger partial charge on any atom is 0.358 e. The Morgan fingerprint density at radius 2 is 1.96 bits per heavy atom. The second-order valence-electron chi connectivity index (χ2n) is 4.83. The van der Waals surface area contributed by atoms with Crippen molar-refractivity contribution in [3.05, 3.63) is 76.5 Å². The third-order valence-electron chi connectivity index (χ3n) is 3.25. The molecule has 0 aliphatic carbocycles. The molecular weight excluding hydrogens is 296 g/mol. The van der Waals surface area contributed by atoms with Crippen molar-refractivity contribution >= 4 is 5.97 Å². The summed E-state index contributed by atoms with van der Waals surface area (Å²) in [6.45, 7) is 0.219. The average molecular weight is 310 g/mol. The van der Waals surface area contributed by atoms with Gasteiger partial charge < -0.3 is 4.74 Å². The molecule has 7 nitrogen and oxygen atoms in total. The molecule has 7 heteroatoms. The topological polar surface area (TPSA) is 79.0 Å². The summed E-state index contributed by atoms with van der Waals surface area (Å²) >= 11 is 0. The Hall–Kier alpha value is -3.22. The minimum absolute atomic E-state index is 0.0857. The van der Waals surface area contributed by atoms with Gasteiger partial charge in [0.2, 0.25) is 0 Å². The molecule has 0 fully saturated rings. The van der Waals surface area contributed by atoms with Crippen LogP contribution in [0.1, 0.15) is 16.1 Å². The Kier molecular flexibility index (Phi) is 4.01. The number of methoxy groups -OCH3 is 1. The smallest absolute Gasteiger partial charge is 0.358 e. The van der Waals surface area contributed by atoms with Gasteiger partial charge in [-0.1, -0.05) is 18.2 Å². The number of carbonyl (C=O) groups excluding carboxylic acids is 1. The highest BCUT2D eigenvalue weighted by Crippen LogP contribution is 2.08. The third-order valence-corrected chi connectivity index (χ3v) is 3.25. The standard InChI is InChI=1S/C16H14N4O3/c1-23-16(22)14-7-8-15(21)20(18-14)11-12-9-17-19(10-12)13-5-3-2-4-6-13/h2-10H,11H2,1H3. The zero-order chi connectivity index (χ0) is 16.2. The number of benzene rings is 1. The predicted molar refractivity (Wildman–Crippen MR) is 82.5 cm³/mol. The van der Waals surface area contributed by atoms with Crippen molar-refractivity contribution in [1.29, 1.82) is 0 Å². The van der Waals surface area contributed by atoms with Crippen LogP contribution in [0.25, 0.3) is 5.69 Å². The molecule has 0 saturated heterocycles. The lowest BCUT2D eigenvalue weighted by Gasteiger charge is -2.04. The van der Waals surface area contributed by atoms with E-state index in [4.69, 9.17) is 0 Å². The largest absolute Gasteiger partial charge is 0.464 e. The van der Waals surface area contributed by atoms with E-state index in [1.54, 1.807) is 10.9 Å². The molecule has 116 valence electrons. The number of para-hydroxylation sites is 1. The van der Waals surface area contributed by atoms with Crippen LogP contribution in [0.15, 0.2) is 59.7 Å². The number of hydrogen-bond acceptors (Lipinski definition) is 5. The monoisotopic (exact) mass is 310 g/mol. The highest BCUT2D eigenvalue weighted by Gasteiger charge is 2.10. The van der Waals surface area contributed by atoms with Gasteiger partial charge in [-0.3, -0.25) is 4.79 Å². The summed E-state index contributed by atoms with van der Waals surface area (Å²) in [6, 6.07) is 12.3. The van der Waals surface area contributed by atoms with Gasteiger partial charge in [0.05, 0.1) is 25.5 Å². The Morgan fingerprint density at radius 1 is 1.17 bits per heavy atom. The van der Waals surface area contributed by atoms with Gasteiger partial charge >= 0.3 is 5.97 Å². The first-order valence-corrected chi connectivity index (χ1v) is 6.93. The summed E-state index contributed by atoms with van der Waals surface area (Å²) in [7, 11) is 1.27. The molecule has 1 aromatic carbocycles. The van der Waals surface area contributed by atoms with E-state index in [1.165, 1.54) is 23.9 Å². The van der Waals surface area contributed by atoms with Crippen molar-refractivity contribution in [2.75, 3.05) is 7.11 Å². The summed E-state index contributed by atoms with van der Waals surface area (Å²) in [4.78, 5) is 23.4. The Morgan fingerprint density at radius 3 is 2.70 bits per heavy atom. The third kappa shape index (κ3) is 3.18. The van der Waals surface area contributed by atoms with Gasteiger partial charge in [0.1, 0.15) is 0 Å². The Labute approximate surface area is 131 Å². The SMILES string of the molecule is COC(=O)c1ccc(=O)n(Cc2cnn(-c3ccccc3)c2)n1. The van der Waals surface area contributed by atoms with Crippen molar-refractivity contribution < 1.29 is 9.53 Å². The molecule has 0 aliphatic heterocycles. The van der Waals surface area contributed by atoms with Crippen LogP contribution in [-0.2, 0) is 11.3 Å². The molecule has 0 N–H and O–H groups in total. The van der Waals surface area contributed by atoms with Crippen LogP contribution >= 0.6 is 0 Å². The number of esters is 1. The molecule has 3 aromatic rings. The summed E-state index contributed by atoms with van der Waals surface area (Å²) in [5.74, 6) is -0.585. The molecule has 0 unspecified atom stereocenters. The van der Waals surface area contributed by atoms with Gasteiger partial charge in [-0.15, -0.1) is 0 Å². The maximum absolute atomic E-state index is 11.9. The second kappa shape index (κ2) is 6.27. The van der Waals surface area contributed by atoms with Crippen LogP contribution in [0, 0.1) is 0 Å². The van der Waals surface area contributed by atoms with Crippen molar-refractivity contribution in [1.82, 2.24) is 19.6 Å². The van der Waals surface area contributed by atoms with Crippen molar-refractivity contribution in [3.63, 3.8) is 0 Å². The molecule has 2 aromatic heterocycles. The summed E-state index contributed by atoms with van der Waals surface area (Å²) in [5, 5.41) is 8.28. The minimum Gasteiger partial charge on any atom is -0.464 e. The fraction of sp³-hybridized carbons (Fsp3) is 0.125. The number of carbonyl (C=O) groups is 1. The van der Waals surface area contributed by atoms with E-state index < -0.39 is 5.97 Å². The van der Waals surface area contributed by atoms with Gasteiger partial charge in [-0.05, 0) is 18.2 Å². The molecule has 0 spiro atoms. The first-order valence-electron chi connectivity index (χ1n) is 6.93. The predicted octanol–water partition coefficient (Wildman–Crippen LogP) is 1.26. The zero-order valence-electron chi connectivity index (χ0n) is 12.4. The minimum atomic E-state index is -0.585. The molecule has 23 heavy (non-hydrogen) atoms. The number of rotatable bonds is 4. The Balaban J connectivity index is 1.87. The average Bonchev–Trinajstić information content (AvgIpc) is 3.05. The summed E-state index contributed by atoms with van der Waals surface area (Å²) in [5.41, 5.74) is 1.50. The van der Waals surface area contributed by atoms with Crippen molar-refractivity contribution in [2.45, 2.75) is 6.54 Å². The van der Waals surface area contributed by atoms with E-state index in [0.717, 1.165) is 11.3 Å². The molecule has 0 saturated carbocycles. The summed E-state index contributed by atoms with van der Waals surface area (Å²) < 4.78 is 7.53. The second-order valence-corrected chi connectivity index (χ2v) is 4.83. The lowest BCUT2D eigenvalue weighted by Crippen LogP contribution is -2.25. The van der Waals surface area contributed by atoms with Crippen LogP contribution in [0.4, 0.5) is 0 Å². The van der Waals surface area contributed by atoms with Crippen LogP contribution in [0.3, 0.4) is 0 Å². The fourth-order valence-corrected chi connectivity index (χ4v) is 2.11. The number of ether oxygens (including phenoxy) is 1. The van der Waals surface area contributed by atoms with Crippen LogP contribution in [-0.4, -0.2) is 32.6 Å². The number of hydrogen-bond donors (Lipinski definition) is 0. The zero-order valence-corrected chi connectivity index (χ0v) is 12.4. The van der Waals surface area contributed by atoms with E-state index >= 15 is 0 Å². The molecule has 0 atom stereocenters. The van der Waals surface area contributed by atoms with Crippen molar-refractivity contribution in [3.8, 4) is 5.69 Å². The van der Waals surface area contributed by atoms with Gasteiger partial charge in [0.25, 0.3) is 5.56 Å². The maximum atomic E-state index is 11.9. The lowest BCUT2D eigenvalue weighted by molar-refractivity contribution is 0.0591. The van der Waals surface area contributed by atoms with Crippen molar-refractivity contribution in [2.24, 2.45) is 0 Å². The molecule has 2 heterocycles. The van der Waals surface area contributed by atoms with E-state index in [0.29, 0.717) is 0 Å². The van der Waals surface area contributed by atoms with Crippen LogP contribution in [0.5, 0.6) is 0 Å². The normalized spacial score (nSPS) is 10.5. The molecule has 0 bridgehead atoms. The van der Waals surface area contributed by atoms with Gasteiger partial charge in [0.15, 0.2) is 5.69 Å². The van der Waals surface area contributed by atoms with E-state index in [9.17, 15) is 9.59 Å². The van der Waals surface area contributed by atoms with Crippen LogP contribution < -0.4 is 5.56 Å². The molecule has 0 aliphatic rings. The van der Waals surface area contributed by atoms with Gasteiger partial charge in [-0.25, -0.2) is 14.2 Å². The number of nitrogens with zero attached hydrogens (tertiary/aromatic N) is 4. The fourth-order valence-electron chi connectivity index (χ4n) is 2.11. The van der Waals surface area contributed by atoms with Gasteiger partial charge in [0, 0.05) is 17.8 Å². The Bertz CT molecular complexity index is 884. The van der Waals surface area contributed by atoms with E-state index in [-0.39, 0.29) is 17.8 Å². The highest BCUT2D eigenvalue weighted by molar-refractivity contribution is 5.86. The molecule has 0 amide bonds. The van der Waals surface area contributed by atoms with E-state index in [2.05, 4.69) is 14.9 Å². The lowest BCUT2D eigenvalue weighted by atomic mass is 10.3. The van der Waals surface area contributed by atoms with E-state index in [1.807, 2.05) is 36.5 Å². The van der Waals surface area contributed by atoms with Crippen LogP contribution in [0.2, 0.25) is 0 Å². The van der Waals surface area contributed by atoms with Gasteiger partial charge in [-0.2, -0.15) is 10.2 Å². The highest BCUT2D eigenvalue weighted by atomic mass is 16.5. The number of aromatic nitrogens is 4. The quantitative estimate of drug-likeness (QED) is 0.678. The first-order chi connectivity index (χ1) is 11.2. The molecule has 0 radical (unpaired) electrons. The first kappa shape index (κ1) is 14.7. The molecule has 3 rings (SSSR count). The molecular formula is C16H14N4O3.